The van der Waals surface area contributed by atoms with Crippen molar-refractivity contribution >= 4 is 5.91 Å². The summed E-state index contributed by atoms with van der Waals surface area (Å²) < 4.78 is 0. The Morgan fingerprint density at radius 1 is 1.33 bits per heavy atom. The van der Waals surface area contributed by atoms with Gasteiger partial charge in [0.25, 0.3) is 0 Å². The van der Waals surface area contributed by atoms with Crippen molar-refractivity contribution in [2.75, 3.05) is 6.54 Å². The van der Waals surface area contributed by atoms with Crippen LogP contribution in [0.3, 0.4) is 0 Å². The highest BCUT2D eigenvalue weighted by atomic mass is 16.1. The second-order valence-electron chi connectivity index (χ2n) is 5.23. The van der Waals surface area contributed by atoms with E-state index >= 15 is 0 Å². The molecule has 100 valence electrons. The standard InChI is InChI=1S/C15H24N2O/c1-10(2)17-15(18)14(9-16)8-13-7-11(3)5-6-12(13)4/h5-7,10,14H,8-9,16H2,1-4H3,(H,17,18). The van der Waals surface area contributed by atoms with E-state index in [-0.39, 0.29) is 17.9 Å². The van der Waals surface area contributed by atoms with Gasteiger partial charge in [0, 0.05) is 12.6 Å². The van der Waals surface area contributed by atoms with Crippen LogP contribution < -0.4 is 11.1 Å². The highest BCUT2D eigenvalue weighted by molar-refractivity contribution is 5.79. The number of amides is 1. The van der Waals surface area contributed by atoms with Crippen LogP contribution in [0.15, 0.2) is 18.2 Å². The Morgan fingerprint density at radius 2 is 2.00 bits per heavy atom. The van der Waals surface area contributed by atoms with Gasteiger partial charge < -0.3 is 11.1 Å². The summed E-state index contributed by atoms with van der Waals surface area (Å²) in [7, 11) is 0. The van der Waals surface area contributed by atoms with E-state index in [4.69, 9.17) is 5.73 Å². The third-order valence-electron chi connectivity index (χ3n) is 3.06. The molecule has 18 heavy (non-hydrogen) atoms. The number of rotatable bonds is 5. The summed E-state index contributed by atoms with van der Waals surface area (Å²) >= 11 is 0. The highest BCUT2D eigenvalue weighted by Gasteiger charge is 2.18. The topological polar surface area (TPSA) is 55.1 Å². The Bertz CT molecular complexity index is 413. The Morgan fingerprint density at radius 3 is 2.56 bits per heavy atom. The van der Waals surface area contributed by atoms with Crippen molar-refractivity contribution in [3.05, 3.63) is 34.9 Å². The molecule has 0 aliphatic carbocycles. The minimum absolute atomic E-state index is 0.0495. The van der Waals surface area contributed by atoms with Gasteiger partial charge in [-0.3, -0.25) is 4.79 Å². The monoisotopic (exact) mass is 248 g/mol. The van der Waals surface area contributed by atoms with Crippen molar-refractivity contribution in [3.63, 3.8) is 0 Å². The predicted octanol–water partition coefficient (Wildman–Crippen LogP) is 1.95. The maximum Gasteiger partial charge on any atom is 0.224 e. The van der Waals surface area contributed by atoms with Gasteiger partial charge in [-0.25, -0.2) is 0 Å². The molecule has 3 nitrogen and oxygen atoms in total. The smallest absolute Gasteiger partial charge is 0.224 e. The number of benzene rings is 1. The Kier molecular flexibility index (Phi) is 5.35. The zero-order valence-electron chi connectivity index (χ0n) is 11.8. The van der Waals surface area contributed by atoms with Gasteiger partial charge >= 0.3 is 0 Å². The van der Waals surface area contributed by atoms with Crippen molar-refractivity contribution < 1.29 is 4.79 Å². The molecule has 0 aliphatic rings. The van der Waals surface area contributed by atoms with Crippen LogP contribution >= 0.6 is 0 Å². The lowest BCUT2D eigenvalue weighted by molar-refractivity contribution is -0.125. The zero-order chi connectivity index (χ0) is 13.7. The molecule has 0 fully saturated rings. The minimum atomic E-state index is -0.145. The fourth-order valence-corrected chi connectivity index (χ4v) is 1.97. The van der Waals surface area contributed by atoms with Gasteiger partial charge in [-0.05, 0) is 45.2 Å². The van der Waals surface area contributed by atoms with Crippen LogP contribution in [0.4, 0.5) is 0 Å². The molecule has 0 spiro atoms. The van der Waals surface area contributed by atoms with Gasteiger partial charge in [0.15, 0.2) is 0 Å². The molecule has 0 aromatic heterocycles. The van der Waals surface area contributed by atoms with Crippen LogP contribution in [0.25, 0.3) is 0 Å². The van der Waals surface area contributed by atoms with Crippen molar-refractivity contribution in [2.24, 2.45) is 11.7 Å². The minimum Gasteiger partial charge on any atom is -0.354 e. The van der Waals surface area contributed by atoms with Crippen molar-refractivity contribution in [1.29, 1.82) is 0 Å². The van der Waals surface area contributed by atoms with Crippen LogP contribution in [-0.2, 0) is 11.2 Å². The normalized spacial score (nSPS) is 12.6. The molecule has 3 N–H and O–H groups in total. The molecular formula is C15H24N2O. The van der Waals surface area contributed by atoms with E-state index in [1.165, 1.54) is 16.7 Å². The van der Waals surface area contributed by atoms with Gasteiger partial charge in [0.05, 0.1) is 5.92 Å². The number of nitrogens with one attached hydrogen (secondary N) is 1. The molecular weight excluding hydrogens is 224 g/mol. The zero-order valence-corrected chi connectivity index (χ0v) is 11.8. The fourth-order valence-electron chi connectivity index (χ4n) is 1.97. The van der Waals surface area contributed by atoms with E-state index in [1.807, 2.05) is 13.8 Å². The molecule has 3 heteroatoms. The Hall–Kier alpha value is -1.35. The third kappa shape index (κ3) is 4.15. The van der Waals surface area contributed by atoms with Gasteiger partial charge in [-0.15, -0.1) is 0 Å². The summed E-state index contributed by atoms with van der Waals surface area (Å²) in [6, 6.07) is 6.48. The highest BCUT2D eigenvalue weighted by Crippen LogP contribution is 2.15. The molecule has 1 aromatic rings. The van der Waals surface area contributed by atoms with Crippen molar-refractivity contribution in [1.82, 2.24) is 5.32 Å². The largest absolute Gasteiger partial charge is 0.354 e. The number of carbonyl (C=O) groups is 1. The second kappa shape index (κ2) is 6.55. The van der Waals surface area contributed by atoms with E-state index in [0.717, 1.165) is 0 Å². The van der Waals surface area contributed by atoms with Crippen molar-refractivity contribution in [3.8, 4) is 0 Å². The first-order valence-electron chi connectivity index (χ1n) is 6.50. The van der Waals surface area contributed by atoms with Crippen LogP contribution in [0, 0.1) is 19.8 Å². The fraction of sp³-hybridized carbons (Fsp3) is 0.533. The average Bonchev–Trinajstić information content (AvgIpc) is 2.29. The first-order valence-corrected chi connectivity index (χ1v) is 6.50. The summed E-state index contributed by atoms with van der Waals surface area (Å²) in [5, 5.41) is 2.93. The lowest BCUT2D eigenvalue weighted by Crippen LogP contribution is -2.39. The molecule has 1 atom stereocenters. The first-order chi connectivity index (χ1) is 8.43. The molecule has 0 aliphatic heterocycles. The molecule has 1 unspecified atom stereocenters. The molecule has 0 bridgehead atoms. The Balaban J connectivity index is 2.79. The quantitative estimate of drug-likeness (QED) is 0.836. The molecule has 1 rings (SSSR count). The summed E-state index contributed by atoms with van der Waals surface area (Å²) in [5.41, 5.74) is 9.37. The summed E-state index contributed by atoms with van der Waals surface area (Å²) in [6.45, 7) is 8.44. The summed E-state index contributed by atoms with van der Waals surface area (Å²) in [4.78, 5) is 12.0. The molecule has 1 aromatic carbocycles. The lowest BCUT2D eigenvalue weighted by Gasteiger charge is -2.18. The second-order valence-corrected chi connectivity index (χ2v) is 5.23. The van der Waals surface area contributed by atoms with Gasteiger partial charge in [-0.2, -0.15) is 0 Å². The maximum absolute atomic E-state index is 12.0. The molecule has 0 heterocycles. The first kappa shape index (κ1) is 14.7. The van der Waals surface area contributed by atoms with E-state index in [1.54, 1.807) is 0 Å². The van der Waals surface area contributed by atoms with E-state index in [9.17, 15) is 4.79 Å². The number of nitrogens with two attached hydrogens (primary N) is 1. The van der Waals surface area contributed by atoms with Crippen LogP contribution in [0.1, 0.15) is 30.5 Å². The summed E-state index contributed by atoms with van der Waals surface area (Å²) in [6.07, 6.45) is 0.711. The van der Waals surface area contributed by atoms with Crippen LogP contribution in [-0.4, -0.2) is 18.5 Å². The lowest BCUT2D eigenvalue weighted by atomic mass is 9.94. The average molecular weight is 248 g/mol. The number of aryl methyl sites for hydroxylation is 2. The SMILES string of the molecule is Cc1ccc(C)c(CC(CN)C(=O)NC(C)C)c1. The van der Waals surface area contributed by atoms with Crippen LogP contribution in [0.2, 0.25) is 0 Å². The van der Waals surface area contributed by atoms with Gasteiger partial charge in [0.2, 0.25) is 5.91 Å². The summed E-state index contributed by atoms with van der Waals surface area (Å²) in [5.74, 6) is -0.0960. The number of hydrogen-bond acceptors (Lipinski definition) is 2. The molecule has 1 amide bonds. The van der Waals surface area contributed by atoms with Crippen LogP contribution in [0.5, 0.6) is 0 Å². The number of hydrogen-bond donors (Lipinski definition) is 2. The third-order valence-corrected chi connectivity index (χ3v) is 3.06. The van der Waals surface area contributed by atoms with Gasteiger partial charge in [-0.1, -0.05) is 23.8 Å². The molecule has 0 saturated heterocycles. The Labute approximate surface area is 110 Å². The number of carbonyl (C=O) groups excluding carboxylic acids is 1. The van der Waals surface area contributed by atoms with E-state index in [2.05, 4.69) is 37.4 Å². The predicted molar refractivity (Wildman–Crippen MR) is 75.4 cm³/mol. The van der Waals surface area contributed by atoms with E-state index in [0.29, 0.717) is 13.0 Å². The molecule has 0 radical (unpaired) electrons. The maximum atomic E-state index is 12.0. The van der Waals surface area contributed by atoms with Crippen molar-refractivity contribution in [2.45, 2.75) is 40.2 Å². The molecule has 0 saturated carbocycles. The van der Waals surface area contributed by atoms with Gasteiger partial charge in [0.1, 0.15) is 0 Å². The van der Waals surface area contributed by atoms with E-state index < -0.39 is 0 Å².